The molecule has 1 aliphatic carbocycles. The molecule has 41 heavy (non-hydrogen) atoms. The summed E-state index contributed by atoms with van der Waals surface area (Å²) >= 11 is 0. The highest BCUT2D eigenvalue weighted by Gasteiger charge is 2.40. The van der Waals surface area contributed by atoms with Gasteiger partial charge < -0.3 is 24.8 Å². The van der Waals surface area contributed by atoms with Crippen molar-refractivity contribution in [1.29, 1.82) is 0 Å². The molecule has 10 nitrogen and oxygen atoms in total. The van der Waals surface area contributed by atoms with Gasteiger partial charge in [-0.3, -0.25) is 14.6 Å². The number of aromatic nitrogens is 4. The van der Waals surface area contributed by atoms with E-state index in [1.165, 1.54) is 23.6 Å². The van der Waals surface area contributed by atoms with Gasteiger partial charge in [-0.25, -0.2) is 9.37 Å². The van der Waals surface area contributed by atoms with Gasteiger partial charge in [-0.1, -0.05) is 24.9 Å². The van der Waals surface area contributed by atoms with E-state index in [1.54, 1.807) is 32.0 Å². The van der Waals surface area contributed by atoms with Crippen LogP contribution < -0.4 is 5.32 Å². The third-order valence-corrected chi connectivity index (χ3v) is 8.41. The number of nitrogens with zero attached hydrogens (tertiary/aromatic N) is 4. The SMILES string of the molecule is Cc1nocc1C(=O)N[C@H](c1nc2c(F)c(-c3cnccc3C(=O)N3CC(C)(O)C3)ccc2[nH]1)[C@H]1CC[C@H](C)CC1. The molecule has 3 N–H and O–H groups in total. The van der Waals surface area contributed by atoms with Crippen LogP contribution in [-0.2, 0) is 0 Å². The van der Waals surface area contributed by atoms with Crippen molar-refractivity contribution in [3.63, 3.8) is 0 Å². The molecular weight excluding hydrogens is 527 g/mol. The average Bonchev–Trinajstić information content (AvgIpc) is 3.57. The zero-order valence-electron chi connectivity index (χ0n) is 23.3. The number of halogens is 1. The van der Waals surface area contributed by atoms with E-state index < -0.39 is 17.5 Å². The molecule has 214 valence electrons. The number of β-amino-alcohol motifs (C(OH)–C–C–N with tert-alkyl or cyclic N) is 1. The minimum Gasteiger partial charge on any atom is -0.386 e. The number of pyridine rings is 1. The monoisotopic (exact) mass is 560 g/mol. The predicted octanol–water partition coefficient (Wildman–Crippen LogP) is 4.56. The van der Waals surface area contributed by atoms with Crippen molar-refractivity contribution in [2.45, 2.75) is 58.1 Å². The minimum atomic E-state index is -0.923. The van der Waals surface area contributed by atoms with Crippen molar-refractivity contribution >= 4 is 22.8 Å². The Bertz CT molecular complexity index is 1610. The van der Waals surface area contributed by atoms with Gasteiger partial charge in [0.2, 0.25) is 0 Å². The summed E-state index contributed by atoms with van der Waals surface area (Å²) < 4.78 is 21.1. The fraction of sp³-hybridized carbons (Fsp3) is 0.433. The lowest BCUT2D eigenvalue weighted by Crippen LogP contribution is -2.61. The van der Waals surface area contributed by atoms with Crippen LogP contribution in [0.3, 0.4) is 0 Å². The molecule has 1 saturated heterocycles. The molecule has 1 aliphatic heterocycles. The van der Waals surface area contributed by atoms with Crippen LogP contribution in [-0.4, -0.2) is 60.6 Å². The summed E-state index contributed by atoms with van der Waals surface area (Å²) in [5.74, 6) is 0.00208. The number of nitrogens with one attached hydrogen (secondary N) is 2. The standard InChI is InChI=1S/C30H33FN6O4/c1-16-4-6-18(7-5-16)25(35-28(38)22-13-41-36-17(22)2)27-33-23-9-8-19(24(31)26(23)34-27)21-12-32-11-10-20(21)29(39)37-14-30(3,40)15-37/h8-13,16,18,25,40H,4-7,14-15H2,1-3H3,(H,33,34)(H,35,38)/t16-,18-,25-/m0/s1. The molecule has 4 heterocycles. The lowest BCUT2D eigenvalue weighted by atomic mass is 9.79. The average molecular weight is 561 g/mol. The summed E-state index contributed by atoms with van der Waals surface area (Å²) in [5.41, 5.74) is 1.37. The Hall–Kier alpha value is -4.12. The Morgan fingerprint density at radius 3 is 2.61 bits per heavy atom. The summed E-state index contributed by atoms with van der Waals surface area (Å²) in [6.45, 7) is 6.02. The summed E-state index contributed by atoms with van der Waals surface area (Å²) in [7, 11) is 0. The van der Waals surface area contributed by atoms with E-state index >= 15 is 4.39 Å². The molecular formula is C30H33FN6O4. The maximum atomic E-state index is 16.1. The molecule has 0 spiro atoms. The summed E-state index contributed by atoms with van der Waals surface area (Å²) in [6, 6.07) is 4.43. The van der Waals surface area contributed by atoms with E-state index in [9.17, 15) is 14.7 Å². The number of amides is 2. The van der Waals surface area contributed by atoms with Crippen molar-refractivity contribution in [1.82, 2.24) is 30.3 Å². The summed E-state index contributed by atoms with van der Waals surface area (Å²) in [6.07, 6.45) is 8.17. The quantitative estimate of drug-likeness (QED) is 0.314. The minimum absolute atomic E-state index is 0.120. The number of benzene rings is 1. The van der Waals surface area contributed by atoms with Crippen LogP contribution in [0, 0.1) is 24.6 Å². The normalized spacial score (nSPS) is 21.0. The number of aryl methyl sites for hydroxylation is 1. The highest BCUT2D eigenvalue weighted by atomic mass is 19.1. The lowest BCUT2D eigenvalue weighted by Gasteiger charge is -2.44. The lowest BCUT2D eigenvalue weighted by molar-refractivity contribution is -0.0668. The van der Waals surface area contributed by atoms with Gasteiger partial charge in [0.25, 0.3) is 11.8 Å². The van der Waals surface area contributed by atoms with Crippen LogP contribution in [0.2, 0.25) is 0 Å². The Morgan fingerprint density at radius 1 is 1.17 bits per heavy atom. The second kappa shape index (κ2) is 10.4. The predicted molar refractivity (Wildman–Crippen MR) is 148 cm³/mol. The second-order valence-corrected chi connectivity index (χ2v) is 11.8. The second-order valence-electron chi connectivity index (χ2n) is 11.8. The molecule has 3 aromatic heterocycles. The van der Waals surface area contributed by atoms with E-state index in [1.807, 2.05) is 0 Å². The molecule has 1 atom stereocenters. The molecule has 2 amide bonds. The Labute approximate surface area is 236 Å². The number of imidazole rings is 1. The first kappa shape index (κ1) is 27.1. The molecule has 4 aromatic rings. The molecule has 2 aliphatic rings. The molecule has 2 fully saturated rings. The fourth-order valence-corrected chi connectivity index (χ4v) is 6.06. The third kappa shape index (κ3) is 5.10. The molecule has 1 saturated carbocycles. The van der Waals surface area contributed by atoms with Crippen molar-refractivity contribution < 1.29 is 23.6 Å². The number of carbonyl (C=O) groups excluding carboxylic acids is 2. The maximum Gasteiger partial charge on any atom is 0.257 e. The summed E-state index contributed by atoms with van der Waals surface area (Å²) in [5, 5.41) is 17.0. The Morgan fingerprint density at radius 2 is 1.93 bits per heavy atom. The topological polar surface area (TPSA) is 137 Å². The van der Waals surface area contributed by atoms with E-state index in [2.05, 4.69) is 32.3 Å². The number of H-pyrrole nitrogens is 1. The highest BCUT2D eigenvalue weighted by Crippen LogP contribution is 2.38. The van der Waals surface area contributed by atoms with Crippen LogP contribution in [0.15, 0.2) is 41.4 Å². The third-order valence-electron chi connectivity index (χ3n) is 8.41. The number of likely N-dealkylation sites (tertiary alicyclic amines) is 1. The van der Waals surface area contributed by atoms with Crippen molar-refractivity contribution in [2.24, 2.45) is 11.8 Å². The van der Waals surface area contributed by atoms with Crippen LogP contribution in [0.5, 0.6) is 0 Å². The number of hydrogen-bond acceptors (Lipinski definition) is 7. The van der Waals surface area contributed by atoms with Crippen molar-refractivity contribution in [3.8, 4) is 11.1 Å². The molecule has 1 aromatic carbocycles. The molecule has 6 rings (SSSR count). The van der Waals surface area contributed by atoms with Gasteiger partial charge in [-0.15, -0.1) is 0 Å². The van der Waals surface area contributed by atoms with Gasteiger partial charge in [0.05, 0.1) is 41.5 Å². The van der Waals surface area contributed by atoms with E-state index in [4.69, 9.17) is 4.52 Å². The van der Waals surface area contributed by atoms with E-state index in [0.717, 1.165) is 25.7 Å². The van der Waals surface area contributed by atoms with E-state index in [-0.39, 0.29) is 41.9 Å². The molecule has 0 radical (unpaired) electrons. The number of fused-ring (bicyclic) bond motifs is 1. The Kier molecular flexibility index (Phi) is 6.85. The number of rotatable bonds is 6. The van der Waals surface area contributed by atoms with Gasteiger partial charge in [0.1, 0.15) is 23.2 Å². The molecule has 0 unspecified atom stereocenters. The van der Waals surface area contributed by atoms with Crippen LogP contribution in [0.1, 0.15) is 77.8 Å². The van der Waals surface area contributed by atoms with Gasteiger partial charge in [-0.2, -0.15) is 0 Å². The van der Waals surface area contributed by atoms with Crippen molar-refractivity contribution in [2.75, 3.05) is 13.1 Å². The Balaban J connectivity index is 1.35. The number of carbonyl (C=O) groups is 2. The van der Waals surface area contributed by atoms with Gasteiger partial charge in [-0.05, 0) is 56.7 Å². The van der Waals surface area contributed by atoms with Gasteiger partial charge in [0, 0.05) is 23.5 Å². The summed E-state index contributed by atoms with van der Waals surface area (Å²) in [4.78, 5) is 40.0. The van der Waals surface area contributed by atoms with Crippen molar-refractivity contribution in [3.05, 3.63) is 65.3 Å². The largest absolute Gasteiger partial charge is 0.386 e. The van der Waals surface area contributed by atoms with E-state index in [0.29, 0.717) is 39.6 Å². The zero-order valence-corrected chi connectivity index (χ0v) is 23.3. The maximum absolute atomic E-state index is 16.1. The van der Waals surface area contributed by atoms with Gasteiger partial charge in [0.15, 0.2) is 5.82 Å². The van der Waals surface area contributed by atoms with Crippen LogP contribution >= 0.6 is 0 Å². The smallest absolute Gasteiger partial charge is 0.257 e. The number of hydrogen-bond donors (Lipinski definition) is 3. The molecule has 0 bridgehead atoms. The van der Waals surface area contributed by atoms with Crippen LogP contribution in [0.25, 0.3) is 22.2 Å². The fourth-order valence-electron chi connectivity index (χ4n) is 6.06. The first-order valence-electron chi connectivity index (χ1n) is 14.0. The highest BCUT2D eigenvalue weighted by molar-refractivity contribution is 6.02. The van der Waals surface area contributed by atoms with Crippen LogP contribution in [0.4, 0.5) is 4.39 Å². The number of aliphatic hydroxyl groups is 1. The van der Waals surface area contributed by atoms with Gasteiger partial charge >= 0.3 is 0 Å². The molecule has 11 heteroatoms. The first-order chi connectivity index (χ1) is 19.6. The zero-order chi connectivity index (χ0) is 28.9. The first-order valence-corrected chi connectivity index (χ1v) is 14.0. The number of aromatic amines is 1.